The Morgan fingerprint density at radius 1 is 0.386 bits per heavy atom. The van der Waals surface area contributed by atoms with E-state index in [1.807, 2.05) is 0 Å². The van der Waals surface area contributed by atoms with Crippen molar-refractivity contribution in [1.29, 1.82) is 0 Å². The maximum Gasteiger partial charge on any atom is 0.134 e. The van der Waals surface area contributed by atoms with Crippen molar-refractivity contribution in [2.45, 2.75) is 37.5 Å². The molecule has 0 radical (unpaired) electrons. The molecule has 1 aliphatic carbocycles. The number of benzene rings is 6. The molecule has 0 amide bonds. The van der Waals surface area contributed by atoms with Crippen LogP contribution in [0.4, 0.5) is 0 Å². The Bertz CT molecular complexity index is 2180. The lowest BCUT2D eigenvalue weighted by molar-refractivity contribution is 0.181. The second-order valence-corrected chi connectivity index (χ2v) is 12.5. The van der Waals surface area contributed by atoms with Crippen LogP contribution >= 0.6 is 0 Å². The van der Waals surface area contributed by atoms with Gasteiger partial charge in [0, 0.05) is 34.4 Å². The molecule has 0 spiro atoms. The van der Waals surface area contributed by atoms with Gasteiger partial charge in [-0.15, -0.1) is 0 Å². The minimum Gasteiger partial charge on any atom is -0.461 e. The minimum atomic E-state index is 0.151. The maximum absolute atomic E-state index is 6.83. The van der Waals surface area contributed by atoms with Crippen LogP contribution < -0.4 is 0 Å². The van der Waals surface area contributed by atoms with Crippen molar-refractivity contribution in [3.8, 4) is 0 Å². The summed E-state index contributed by atoms with van der Waals surface area (Å²) in [5.41, 5.74) is 7.23. The average molecular weight is 569 g/mol. The van der Waals surface area contributed by atoms with Gasteiger partial charge in [0.25, 0.3) is 0 Å². The number of rotatable bonds is 4. The first-order valence-corrected chi connectivity index (χ1v) is 15.6. The lowest BCUT2D eigenvalue weighted by atomic mass is 9.50. The Kier molecular flexibility index (Phi) is 5.62. The fraction of sp³-hybridized carbons (Fsp3) is 0.143. The highest BCUT2D eigenvalue weighted by molar-refractivity contribution is 6.07. The molecule has 9 rings (SSSR count). The summed E-state index contributed by atoms with van der Waals surface area (Å²) in [7, 11) is 0. The molecule has 1 saturated carbocycles. The highest BCUT2D eigenvalue weighted by atomic mass is 16.3. The van der Waals surface area contributed by atoms with Gasteiger partial charge >= 0.3 is 0 Å². The van der Waals surface area contributed by atoms with E-state index in [1.54, 1.807) is 0 Å². The Morgan fingerprint density at radius 3 is 1.25 bits per heavy atom. The zero-order valence-corrected chi connectivity index (χ0v) is 24.8. The minimum absolute atomic E-state index is 0.151. The van der Waals surface area contributed by atoms with Gasteiger partial charge in [-0.25, -0.2) is 0 Å². The van der Waals surface area contributed by atoms with Gasteiger partial charge in [0.2, 0.25) is 0 Å². The topological polar surface area (TPSA) is 26.3 Å². The molecule has 6 aromatic carbocycles. The largest absolute Gasteiger partial charge is 0.461 e. The van der Waals surface area contributed by atoms with E-state index in [9.17, 15) is 0 Å². The highest BCUT2D eigenvalue weighted by Gasteiger charge is 2.56. The zero-order chi connectivity index (χ0) is 29.4. The molecule has 0 bridgehead atoms. The summed E-state index contributed by atoms with van der Waals surface area (Å²) in [6.07, 6.45) is 0. The van der Waals surface area contributed by atoms with Gasteiger partial charge in [0.15, 0.2) is 0 Å². The fourth-order valence-electron chi connectivity index (χ4n) is 8.10. The van der Waals surface area contributed by atoms with Crippen molar-refractivity contribution in [3.63, 3.8) is 0 Å². The van der Waals surface area contributed by atoms with Gasteiger partial charge in [-0.05, 0) is 81.9 Å². The molecule has 0 aliphatic heterocycles. The number of hydrogen-bond donors (Lipinski definition) is 0. The summed E-state index contributed by atoms with van der Waals surface area (Å²) in [4.78, 5) is 0. The third-order valence-electron chi connectivity index (χ3n) is 10.2. The van der Waals surface area contributed by atoms with Crippen LogP contribution in [0.2, 0.25) is 0 Å². The molecule has 2 heterocycles. The first-order chi connectivity index (χ1) is 21.7. The number of fused-ring (bicyclic) bond motifs is 6. The van der Waals surface area contributed by atoms with Crippen molar-refractivity contribution in [3.05, 3.63) is 167 Å². The first kappa shape index (κ1) is 25.4. The molecule has 0 atom stereocenters. The van der Waals surface area contributed by atoms with E-state index in [0.717, 1.165) is 22.7 Å². The van der Waals surface area contributed by atoms with Gasteiger partial charge in [-0.1, -0.05) is 109 Å². The van der Waals surface area contributed by atoms with Crippen LogP contribution in [-0.4, -0.2) is 0 Å². The van der Waals surface area contributed by atoms with E-state index in [1.165, 1.54) is 54.6 Å². The fourth-order valence-corrected chi connectivity index (χ4v) is 8.10. The number of hydrogen-bond acceptors (Lipinski definition) is 2. The maximum atomic E-state index is 6.83. The van der Waals surface area contributed by atoms with Gasteiger partial charge in [-0.2, -0.15) is 0 Å². The molecule has 212 valence electrons. The van der Waals surface area contributed by atoms with Gasteiger partial charge in [-0.3, -0.25) is 0 Å². The van der Waals surface area contributed by atoms with E-state index in [-0.39, 0.29) is 23.7 Å². The monoisotopic (exact) mass is 568 g/mol. The lowest BCUT2D eigenvalue weighted by Crippen LogP contribution is -2.40. The SMILES string of the molecule is Cc1ccccc1C1C(c2cc3c(ccc4ccccc43)o2)C(c2ccccc2C)C1c1cc2c(ccc3ccccc32)o1. The van der Waals surface area contributed by atoms with Crippen LogP contribution in [-0.2, 0) is 0 Å². The molecular formula is C42H32O2. The summed E-state index contributed by atoms with van der Waals surface area (Å²) in [5, 5.41) is 7.31. The van der Waals surface area contributed by atoms with Gasteiger partial charge < -0.3 is 8.83 Å². The predicted octanol–water partition coefficient (Wildman–Crippen LogP) is 11.6. The standard InChI is InChI=1S/C42H32O2/c1-25-11-3-7-15-29(25)39-41(37-23-33-31-17-9-5-13-27(31)19-21-35(33)43-37)40(30-16-8-4-12-26(30)2)42(39)38-24-34-32-18-10-6-14-28(32)20-22-36(34)44-38/h3-24,39-42H,1-2H3. The molecule has 0 unspecified atom stereocenters. The van der Waals surface area contributed by atoms with E-state index < -0.39 is 0 Å². The first-order valence-electron chi connectivity index (χ1n) is 15.6. The normalized spacial score (nSPS) is 20.0. The lowest BCUT2D eigenvalue weighted by Gasteiger charge is -2.52. The van der Waals surface area contributed by atoms with Crippen LogP contribution in [0.1, 0.15) is 57.4 Å². The van der Waals surface area contributed by atoms with Crippen LogP contribution in [0, 0.1) is 13.8 Å². The van der Waals surface area contributed by atoms with E-state index in [0.29, 0.717) is 0 Å². The molecule has 8 aromatic rings. The van der Waals surface area contributed by atoms with E-state index in [2.05, 4.69) is 147 Å². The summed E-state index contributed by atoms with van der Waals surface area (Å²) >= 11 is 0. The Morgan fingerprint density at radius 2 is 0.795 bits per heavy atom. The van der Waals surface area contributed by atoms with Crippen molar-refractivity contribution >= 4 is 43.5 Å². The second kappa shape index (κ2) is 9.72. The Labute approximate surface area is 256 Å². The van der Waals surface area contributed by atoms with Crippen molar-refractivity contribution in [1.82, 2.24) is 0 Å². The molecule has 1 fully saturated rings. The third-order valence-corrected chi connectivity index (χ3v) is 10.2. The second-order valence-electron chi connectivity index (χ2n) is 12.5. The molecule has 2 aromatic heterocycles. The molecule has 2 nitrogen and oxygen atoms in total. The molecule has 1 aliphatic rings. The Balaban J connectivity index is 1.29. The quantitative estimate of drug-likeness (QED) is 0.211. The van der Waals surface area contributed by atoms with Crippen LogP contribution in [0.15, 0.2) is 142 Å². The van der Waals surface area contributed by atoms with Crippen LogP contribution in [0.25, 0.3) is 43.5 Å². The highest BCUT2D eigenvalue weighted by Crippen LogP contribution is 2.68. The molecule has 0 N–H and O–H groups in total. The third kappa shape index (κ3) is 3.74. The molecule has 0 saturated heterocycles. The molecule has 44 heavy (non-hydrogen) atoms. The van der Waals surface area contributed by atoms with Crippen LogP contribution in [0.3, 0.4) is 0 Å². The van der Waals surface area contributed by atoms with E-state index in [4.69, 9.17) is 8.83 Å². The van der Waals surface area contributed by atoms with Gasteiger partial charge in [0.05, 0.1) is 0 Å². The molecular weight excluding hydrogens is 536 g/mol. The summed E-state index contributed by atoms with van der Waals surface area (Å²) in [6, 6.07) is 48.2. The summed E-state index contributed by atoms with van der Waals surface area (Å²) in [5.74, 6) is 2.79. The van der Waals surface area contributed by atoms with Gasteiger partial charge in [0.1, 0.15) is 22.7 Å². The average Bonchev–Trinajstić information content (AvgIpc) is 3.67. The summed E-state index contributed by atoms with van der Waals surface area (Å²) in [6.45, 7) is 4.48. The Hall–Kier alpha value is -5.08. The number of aryl methyl sites for hydroxylation is 2. The molecule has 2 heteroatoms. The number of furan rings is 2. The summed E-state index contributed by atoms with van der Waals surface area (Å²) < 4.78 is 13.7. The van der Waals surface area contributed by atoms with Crippen molar-refractivity contribution in [2.24, 2.45) is 0 Å². The van der Waals surface area contributed by atoms with Crippen molar-refractivity contribution < 1.29 is 8.83 Å². The van der Waals surface area contributed by atoms with Crippen molar-refractivity contribution in [2.75, 3.05) is 0 Å². The van der Waals surface area contributed by atoms with Crippen LogP contribution in [0.5, 0.6) is 0 Å². The smallest absolute Gasteiger partial charge is 0.134 e. The zero-order valence-electron chi connectivity index (χ0n) is 24.8. The van der Waals surface area contributed by atoms with E-state index >= 15 is 0 Å². The predicted molar refractivity (Wildman–Crippen MR) is 181 cm³/mol.